The molecule has 4 rings (SSSR count). The maximum atomic E-state index is 11.0. The summed E-state index contributed by atoms with van der Waals surface area (Å²) in [7, 11) is 0. The summed E-state index contributed by atoms with van der Waals surface area (Å²) in [5.74, 6) is 2.45. The van der Waals surface area contributed by atoms with E-state index in [4.69, 9.17) is 14.7 Å². The molecule has 0 bridgehead atoms. The molecule has 8 nitrogen and oxygen atoms in total. The minimum absolute atomic E-state index is 0.716. The topological polar surface area (TPSA) is 73.8 Å². The van der Waals surface area contributed by atoms with E-state index < -0.39 is 0 Å². The number of anilines is 2. The molecule has 0 aliphatic carbocycles. The third-order valence-corrected chi connectivity index (χ3v) is 5.37. The van der Waals surface area contributed by atoms with Crippen molar-refractivity contribution >= 4 is 18.0 Å². The molecule has 0 saturated carbocycles. The van der Waals surface area contributed by atoms with Crippen LogP contribution in [0.15, 0.2) is 36.4 Å². The number of hydrogen-bond acceptors (Lipinski definition) is 7. The molecule has 2 fully saturated rings. The van der Waals surface area contributed by atoms with E-state index in [-0.39, 0.29) is 0 Å². The summed E-state index contributed by atoms with van der Waals surface area (Å²) in [5.41, 5.74) is 0.997. The van der Waals surface area contributed by atoms with Gasteiger partial charge in [0.1, 0.15) is 11.6 Å². The molecular weight excluding hydrogens is 368 g/mol. The van der Waals surface area contributed by atoms with Gasteiger partial charge in [0.05, 0.1) is 13.2 Å². The molecule has 1 amide bonds. The van der Waals surface area contributed by atoms with E-state index in [0.717, 1.165) is 81.9 Å². The molecular formula is C21H28N6O2. The fourth-order valence-electron chi connectivity index (χ4n) is 3.63. The fraction of sp³-hybridized carbons (Fsp3) is 0.476. The number of benzene rings is 1. The highest BCUT2D eigenvalue weighted by molar-refractivity contribution is 5.62. The summed E-state index contributed by atoms with van der Waals surface area (Å²) >= 11 is 0. The van der Waals surface area contributed by atoms with Crippen molar-refractivity contribution in [3.05, 3.63) is 36.4 Å². The number of amides is 1. The molecule has 1 aromatic carbocycles. The second-order valence-electron chi connectivity index (χ2n) is 7.31. The summed E-state index contributed by atoms with van der Waals surface area (Å²) in [6.07, 6.45) is 0.922. The van der Waals surface area contributed by atoms with Gasteiger partial charge in [-0.25, -0.2) is 9.97 Å². The average molecular weight is 396 g/mol. The Bertz CT molecular complexity index is 789. The van der Waals surface area contributed by atoms with Crippen LogP contribution >= 0.6 is 0 Å². The fourth-order valence-corrected chi connectivity index (χ4v) is 3.63. The van der Waals surface area contributed by atoms with E-state index in [0.29, 0.717) is 13.1 Å². The van der Waals surface area contributed by atoms with Gasteiger partial charge in [-0.3, -0.25) is 9.69 Å². The Kier molecular flexibility index (Phi) is 6.53. The van der Waals surface area contributed by atoms with Crippen LogP contribution < -0.4 is 10.2 Å². The second kappa shape index (κ2) is 9.67. The number of carbonyl (C=O) groups is 1. The average Bonchev–Trinajstić information content (AvgIpc) is 2.80. The maximum Gasteiger partial charge on any atom is 0.209 e. The minimum Gasteiger partial charge on any atom is -0.379 e. The lowest BCUT2D eigenvalue weighted by molar-refractivity contribution is -0.118. The highest BCUT2D eigenvalue weighted by Crippen LogP contribution is 2.23. The maximum absolute atomic E-state index is 11.0. The summed E-state index contributed by atoms with van der Waals surface area (Å²) in [5, 5.41) is 3.47. The van der Waals surface area contributed by atoms with Crippen LogP contribution in [0.25, 0.3) is 11.4 Å². The quantitative estimate of drug-likeness (QED) is 0.704. The van der Waals surface area contributed by atoms with Crippen molar-refractivity contribution in [2.24, 2.45) is 0 Å². The molecule has 8 heteroatoms. The van der Waals surface area contributed by atoms with Crippen LogP contribution in [-0.2, 0) is 9.53 Å². The standard InChI is InChI=1S/C21H28N6O2/c28-17-26-8-10-27(11-9-26)20-16-19(22-6-7-25-12-14-29-15-13-25)23-21(24-20)18-4-2-1-3-5-18/h1-5,16-17H,6-15H2,(H,22,23,24). The van der Waals surface area contributed by atoms with Crippen LogP contribution in [0.1, 0.15) is 0 Å². The smallest absolute Gasteiger partial charge is 0.209 e. The van der Waals surface area contributed by atoms with Crippen LogP contribution in [0.2, 0.25) is 0 Å². The number of nitrogens with one attached hydrogen (secondary N) is 1. The third kappa shape index (κ3) is 5.21. The Morgan fingerprint density at radius 3 is 2.48 bits per heavy atom. The van der Waals surface area contributed by atoms with Crippen molar-refractivity contribution in [3.63, 3.8) is 0 Å². The van der Waals surface area contributed by atoms with Gasteiger partial charge in [-0.2, -0.15) is 0 Å². The van der Waals surface area contributed by atoms with Crippen molar-refractivity contribution in [2.75, 3.05) is 75.8 Å². The van der Waals surface area contributed by atoms with Gasteiger partial charge in [0.2, 0.25) is 6.41 Å². The first-order chi connectivity index (χ1) is 14.3. The van der Waals surface area contributed by atoms with Crippen molar-refractivity contribution in [1.82, 2.24) is 19.8 Å². The van der Waals surface area contributed by atoms with Crippen LogP contribution in [-0.4, -0.2) is 91.7 Å². The van der Waals surface area contributed by atoms with E-state index in [9.17, 15) is 4.79 Å². The zero-order valence-corrected chi connectivity index (χ0v) is 16.7. The van der Waals surface area contributed by atoms with E-state index >= 15 is 0 Å². The molecule has 1 N–H and O–H groups in total. The number of morpholine rings is 1. The number of aromatic nitrogens is 2. The van der Waals surface area contributed by atoms with Crippen LogP contribution in [0.5, 0.6) is 0 Å². The lowest BCUT2D eigenvalue weighted by atomic mass is 10.2. The highest BCUT2D eigenvalue weighted by Gasteiger charge is 2.19. The Balaban J connectivity index is 1.49. The van der Waals surface area contributed by atoms with Crippen molar-refractivity contribution in [1.29, 1.82) is 0 Å². The molecule has 154 valence electrons. The highest BCUT2D eigenvalue weighted by atomic mass is 16.5. The first-order valence-corrected chi connectivity index (χ1v) is 10.2. The van der Waals surface area contributed by atoms with E-state index in [1.165, 1.54) is 0 Å². The molecule has 1 aromatic heterocycles. The van der Waals surface area contributed by atoms with Gasteiger partial charge < -0.3 is 19.9 Å². The van der Waals surface area contributed by atoms with Gasteiger partial charge >= 0.3 is 0 Å². The second-order valence-corrected chi connectivity index (χ2v) is 7.31. The minimum atomic E-state index is 0.716. The van der Waals surface area contributed by atoms with Gasteiger partial charge in [0, 0.05) is 64.0 Å². The molecule has 2 aliphatic rings. The van der Waals surface area contributed by atoms with E-state index in [1.54, 1.807) is 4.90 Å². The van der Waals surface area contributed by atoms with Gasteiger partial charge in [0.15, 0.2) is 5.82 Å². The van der Waals surface area contributed by atoms with Crippen molar-refractivity contribution < 1.29 is 9.53 Å². The predicted octanol–water partition coefficient (Wildman–Crippen LogP) is 1.17. The number of piperazine rings is 1. The Morgan fingerprint density at radius 1 is 1.00 bits per heavy atom. The third-order valence-electron chi connectivity index (χ3n) is 5.37. The Morgan fingerprint density at radius 2 is 1.76 bits per heavy atom. The predicted molar refractivity (Wildman–Crippen MR) is 113 cm³/mol. The summed E-state index contributed by atoms with van der Waals surface area (Å²) < 4.78 is 5.41. The Labute approximate surface area is 171 Å². The lowest BCUT2D eigenvalue weighted by Gasteiger charge is -2.33. The molecule has 0 unspecified atom stereocenters. The molecule has 3 heterocycles. The van der Waals surface area contributed by atoms with Gasteiger partial charge in [-0.15, -0.1) is 0 Å². The molecule has 2 aromatic rings. The molecule has 0 radical (unpaired) electrons. The van der Waals surface area contributed by atoms with E-state index in [1.807, 2.05) is 36.4 Å². The van der Waals surface area contributed by atoms with Crippen LogP contribution in [0.4, 0.5) is 11.6 Å². The largest absolute Gasteiger partial charge is 0.379 e. The lowest BCUT2D eigenvalue weighted by Crippen LogP contribution is -2.46. The first kappa shape index (κ1) is 19.6. The number of nitrogens with zero attached hydrogens (tertiary/aromatic N) is 5. The molecule has 2 saturated heterocycles. The normalized spacial score (nSPS) is 17.9. The SMILES string of the molecule is O=CN1CCN(c2cc(NCCN3CCOCC3)nc(-c3ccccc3)n2)CC1. The molecule has 29 heavy (non-hydrogen) atoms. The molecule has 2 aliphatic heterocycles. The zero-order valence-electron chi connectivity index (χ0n) is 16.7. The number of ether oxygens (including phenoxy) is 1. The van der Waals surface area contributed by atoms with Gasteiger partial charge in [-0.05, 0) is 0 Å². The Hall–Kier alpha value is -2.71. The number of hydrogen-bond donors (Lipinski definition) is 1. The summed E-state index contributed by atoms with van der Waals surface area (Å²) in [6, 6.07) is 12.1. The monoisotopic (exact) mass is 396 g/mol. The summed E-state index contributed by atoms with van der Waals surface area (Å²) in [6.45, 7) is 8.34. The summed E-state index contributed by atoms with van der Waals surface area (Å²) in [4.78, 5) is 27.0. The van der Waals surface area contributed by atoms with Crippen molar-refractivity contribution in [2.45, 2.75) is 0 Å². The van der Waals surface area contributed by atoms with Gasteiger partial charge in [0.25, 0.3) is 0 Å². The van der Waals surface area contributed by atoms with Crippen LogP contribution in [0.3, 0.4) is 0 Å². The molecule has 0 spiro atoms. The number of carbonyl (C=O) groups excluding carboxylic acids is 1. The van der Waals surface area contributed by atoms with Gasteiger partial charge in [-0.1, -0.05) is 30.3 Å². The van der Waals surface area contributed by atoms with E-state index in [2.05, 4.69) is 15.1 Å². The zero-order chi connectivity index (χ0) is 19.9. The molecule has 0 atom stereocenters. The first-order valence-electron chi connectivity index (χ1n) is 10.2. The van der Waals surface area contributed by atoms with Crippen LogP contribution in [0, 0.1) is 0 Å². The number of rotatable bonds is 7. The van der Waals surface area contributed by atoms with Crippen molar-refractivity contribution in [3.8, 4) is 11.4 Å².